The van der Waals surface area contributed by atoms with Gasteiger partial charge in [-0.1, -0.05) is 6.92 Å². The summed E-state index contributed by atoms with van der Waals surface area (Å²) in [4.78, 5) is 4.22. The molecule has 2 atom stereocenters. The second-order valence-electron chi connectivity index (χ2n) is 3.78. The maximum atomic E-state index is 5.53. The molecule has 1 heterocycles. The lowest BCUT2D eigenvalue weighted by atomic mass is 10.3. The molecule has 3 heteroatoms. The Morgan fingerprint density at radius 2 is 2.38 bits per heavy atom. The summed E-state index contributed by atoms with van der Waals surface area (Å²) in [6.45, 7) is 3.11. The zero-order valence-electron chi connectivity index (χ0n) is 7.83. The molecule has 1 aliphatic rings. The van der Waals surface area contributed by atoms with Gasteiger partial charge in [-0.2, -0.15) is 0 Å². The third-order valence-corrected chi connectivity index (χ3v) is 2.50. The molecule has 1 aromatic rings. The number of hydrogen-bond acceptors (Lipinski definition) is 3. The van der Waals surface area contributed by atoms with Crippen LogP contribution in [0.5, 0.6) is 0 Å². The van der Waals surface area contributed by atoms with Gasteiger partial charge < -0.3 is 11.1 Å². The molecule has 70 valence electrons. The molecule has 13 heavy (non-hydrogen) atoms. The molecule has 1 aromatic heterocycles. The Morgan fingerprint density at radius 3 is 2.92 bits per heavy atom. The van der Waals surface area contributed by atoms with Crippen LogP contribution in [0.25, 0.3) is 0 Å². The van der Waals surface area contributed by atoms with Gasteiger partial charge in [-0.25, -0.2) is 0 Å². The summed E-state index contributed by atoms with van der Waals surface area (Å²) in [6, 6.07) is 4.56. The summed E-state index contributed by atoms with van der Waals surface area (Å²) in [6.07, 6.45) is 3.00. The van der Waals surface area contributed by atoms with Crippen molar-refractivity contribution in [3.05, 3.63) is 24.0 Å². The summed E-state index contributed by atoms with van der Waals surface area (Å²) in [5.74, 6) is 0.841. The highest BCUT2D eigenvalue weighted by Gasteiger charge is 2.31. The van der Waals surface area contributed by atoms with Gasteiger partial charge in [0.2, 0.25) is 0 Å². The normalized spacial score (nSPS) is 25.9. The van der Waals surface area contributed by atoms with E-state index in [0.717, 1.165) is 23.8 Å². The Balaban J connectivity index is 1.84. The minimum absolute atomic E-state index is 0.708. The summed E-state index contributed by atoms with van der Waals surface area (Å²) < 4.78 is 0. The number of nitrogens with zero attached hydrogens (tertiary/aromatic N) is 1. The smallest absolute Gasteiger partial charge is 0.0543 e. The van der Waals surface area contributed by atoms with Gasteiger partial charge in [-0.3, -0.25) is 4.98 Å². The van der Waals surface area contributed by atoms with E-state index in [-0.39, 0.29) is 0 Å². The molecule has 0 radical (unpaired) electrons. The molecule has 1 aliphatic carbocycles. The Morgan fingerprint density at radius 1 is 1.62 bits per heavy atom. The number of rotatable bonds is 3. The van der Waals surface area contributed by atoms with E-state index < -0.39 is 0 Å². The fourth-order valence-electron chi connectivity index (χ4n) is 1.38. The van der Waals surface area contributed by atoms with Crippen LogP contribution in [0.1, 0.15) is 19.0 Å². The fourth-order valence-corrected chi connectivity index (χ4v) is 1.38. The molecule has 0 amide bonds. The SMILES string of the molecule is CC1CC1NCc1ccc(N)cn1. The number of anilines is 1. The summed E-state index contributed by atoms with van der Waals surface area (Å²) in [5.41, 5.74) is 7.32. The fraction of sp³-hybridized carbons (Fsp3) is 0.500. The van der Waals surface area contributed by atoms with Crippen LogP contribution in [0.4, 0.5) is 5.69 Å². The number of aromatic nitrogens is 1. The van der Waals surface area contributed by atoms with Crippen LogP contribution in [0, 0.1) is 5.92 Å². The van der Waals surface area contributed by atoms with E-state index in [9.17, 15) is 0 Å². The zero-order chi connectivity index (χ0) is 9.26. The molecule has 1 fully saturated rings. The number of hydrogen-bond donors (Lipinski definition) is 2. The molecular weight excluding hydrogens is 162 g/mol. The predicted octanol–water partition coefficient (Wildman–Crippen LogP) is 1.16. The lowest BCUT2D eigenvalue weighted by Crippen LogP contribution is -2.17. The van der Waals surface area contributed by atoms with Crippen LogP contribution in [0.15, 0.2) is 18.3 Å². The van der Waals surface area contributed by atoms with E-state index in [1.165, 1.54) is 6.42 Å². The molecule has 3 nitrogen and oxygen atoms in total. The third-order valence-electron chi connectivity index (χ3n) is 2.50. The first kappa shape index (κ1) is 8.51. The van der Waals surface area contributed by atoms with E-state index in [0.29, 0.717) is 6.04 Å². The van der Waals surface area contributed by atoms with Crippen molar-refractivity contribution < 1.29 is 0 Å². The molecule has 2 rings (SSSR count). The third kappa shape index (κ3) is 2.18. The van der Waals surface area contributed by atoms with E-state index in [1.807, 2.05) is 12.1 Å². The second-order valence-corrected chi connectivity index (χ2v) is 3.78. The lowest BCUT2D eigenvalue weighted by molar-refractivity contribution is 0.642. The number of pyridine rings is 1. The van der Waals surface area contributed by atoms with Gasteiger partial charge in [-0.15, -0.1) is 0 Å². The van der Waals surface area contributed by atoms with Gasteiger partial charge in [0.1, 0.15) is 0 Å². The Labute approximate surface area is 78.4 Å². The van der Waals surface area contributed by atoms with Gasteiger partial charge in [0, 0.05) is 12.6 Å². The molecule has 0 saturated heterocycles. The Bertz CT molecular complexity index is 281. The van der Waals surface area contributed by atoms with E-state index in [2.05, 4.69) is 17.2 Å². The van der Waals surface area contributed by atoms with Crippen molar-refractivity contribution in [2.75, 3.05) is 5.73 Å². The molecule has 0 aromatic carbocycles. The first-order chi connectivity index (χ1) is 6.25. The zero-order valence-corrected chi connectivity index (χ0v) is 7.83. The van der Waals surface area contributed by atoms with Gasteiger partial charge in [0.05, 0.1) is 17.6 Å². The van der Waals surface area contributed by atoms with Crippen LogP contribution in [0.2, 0.25) is 0 Å². The van der Waals surface area contributed by atoms with Crippen molar-refractivity contribution >= 4 is 5.69 Å². The molecule has 3 N–H and O–H groups in total. The van der Waals surface area contributed by atoms with Crippen LogP contribution in [-0.4, -0.2) is 11.0 Å². The standard InChI is InChI=1S/C10H15N3/c1-7-4-10(7)13-6-9-3-2-8(11)5-12-9/h2-3,5,7,10,13H,4,6,11H2,1H3. The molecule has 2 unspecified atom stereocenters. The summed E-state index contributed by atoms with van der Waals surface area (Å²) in [7, 11) is 0. The molecular formula is C10H15N3. The highest BCUT2D eigenvalue weighted by molar-refractivity contribution is 5.34. The number of nitrogens with one attached hydrogen (secondary N) is 1. The van der Waals surface area contributed by atoms with Crippen LogP contribution < -0.4 is 11.1 Å². The van der Waals surface area contributed by atoms with Crippen LogP contribution in [0.3, 0.4) is 0 Å². The van der Waals surface area contributed by atoms with Gasteiger partial charge in [-0.05, 0) is 24.5 Å². The first-order valence-corrected chi connectivity index (χ1v) is 4.69. The second kappa shape index (κ2) is 3.34. The highest BCUT2D eigenvalue weighted by atomic mass is 15.0. The van der Waals surface area contributed by atoms with Crippen molar-refractivity contribution in [2.45, 2.75) is 25.9 Å². The van der Waals surface area contributed by atoms with E-state index >= 15 is 0 Å². The molecule has 0 bridgehead atoms. The van der Waals surface area contributed by atoms with E-state index in [4.69, 9.17) is 5.73 Å². The van der Waals surface area contributed by atoms with Crippen molar-refractivity contribution in [2.24, 2.45) is 5.92 Å². The Hall–Kier alpha value is -1.09. The average Bonchev–Trinajstić information content (AvgIpc) is 2.81. The Kier molecular flexibility index (Phi) is 2.19. The monoisotopic (exact) mass is 177 g/mol. The van der Waals surface area contributed by atoms with Crippen molar-refractivity contribution in [1.82, 2.24) is 10.3 Å². The van der Waals surface area contributed by atoms with Gasteiger partial charge in [0.25, 0.3) is 0 Å². The maximum Gasteiger partial charge on any atom is 0.0543 e. The van der Waals surface area contributed by atoms with Crippen molar-refractivity contribution in [3.8, 4) is 0 Å². The topological polar surface area (TPSA) is 50.9 Å². The van der Waals surface area contributed by atoms with Gasteiger partial charge >= 0.3 is 0 Å². The van der Waals surface area contributed by atoms with Crippen molar-refractivity contribution in [1.29, 1.82) is 0 Å². The minimum atomic E-state index is 0.708. The lowest BCUT2D eigenvalue weighted by Gasteiger charge is -2.02. The predicted molar refractivity (Wildman–Crippen MR) is 53.1 cm³/mol. The van der Waals surface area contributed by atoms with Crippen LogP contribution >= 0.6 is 0 Å². The molecule has 0 spiro atoms. The quantitative estimate of drug-likeness (QED) is 0.728. The number of nitrogen functional groups attached to an aromatic ring is 1. The summed E-state index contributed by atoms with van der Waals surface area (Å²) >= 11 is 0. The average molecular weight is 177 g/mol. The largest absolute Gasteiger partial charge is 0.397 e. The van der Waals surface area contributed by atoms with Gasteiger partial charge in [0.15, 0.2) is 0 Å². The van der Waals surface area contributed by atoms with E-state index in [1.54, 1.807) is 6.20 Å². The minimum Gasteiger partial charge on any atom is -0.397 e. The molecule has 0 aliphatic heterocycles. The first-order valence-electron chi connectivity index (χ1n) is 4.69. The molecule has 1 saturated carbocycles. The maximum absolute atomic E-state index is 5.53. The van der Waals surface area contributed by atoms with Crippen LogP contribution in [-0.2, 0) is 6.54 Å². The number of nitrogens with two attached hydrogens (primary N) is 1. The van der Waals surface area contributed by atoms with Crippen molar-refractivity contribution in [3.63, 3.8) is 0 Å². The highest BCUT2D eigenvalue weighted by Crippen LogP contribution is 2.29. The summed E-state index contributed by atoms with van der Waals surface area (Å²) in [5, 5.41) is 3.44.